The topological polar surface area (TPSA) is 56.2 Å². The van der Waals surface area contributed by atoms with E-state index in [1.807, 2.05) is 18.2 Å². The number of thiazole rings is 1. The van der Waals surface area contributed by atoms with Gasteiger partial charge in [0.05, 0.1) is 11.8 Å². The number of hydrogen-bond donors (Lipinski definition) is 1. The van der Waals surface area contributed by atoms with Crippen molar-refractivity contribution in [2.75, 3.05) is 11.9 Å². The van der Waals surface area contributed by atoms with Crippen LogP contribution in [0.1, 0.15) is 37.1 Å². The number of ether oxygens (including phenoxy) is 1. The summed E-state index contributed by atoms with van der Waals surface area (Å²) >= 11 is 1.64. The molecule has 6 heteroatoms. The molecule has 0 radical (unpaired) electrons. The molecule has 1 amide bonds. The third-order valence-electron chi connectivity index (χ3n) is 6.09. The molecule has 1 atom stereocenters. The molecule has 2 aliphatic rings. The van der Waals surface area contributed by atoms with Gasteiger partial charge in [0.15, 0.2) is 0 Å². The molecule has 156 valence electrons. The zero-order valence-corrected chi connectivity index (χ0v) is 18.3. The Balaban J connectivity index is 1.37. The Hall–Kier alpha value is -2.44. The highest BCUT2D eigenvalue weighted by molar-refractivity contribution is 7.13. The highest BCUT2D eigenvalue weighted by Crippen LogP contribution is 2.34. The second-order valence-electron chi connectivity index (χ2n) is 8.41. The molecule has 3 heterocycles. The highest BCUT2D eigenvalue weighted by Gasteiger charge is 2.29. The van der Waals surface area contributed by atoms with Gasteiger partial charge in [-0.3, -0.25) is 4.79 Å². The molecule has 3 aromatic rings. The lowest BCUT2D eigenvalue weighted by Crippen LogP contribution is -2.16. The molecular formula is C24H27N3O2S. The molecule has 5 nitrogen and oxygen atoms in total. The first-order chi connectivity index (χ1) is 14.6. The zero-order valence-electron chi connectivity index (χ0n) is 17.5. The van der Waals surface area contributed by atoms with Crippen molar-refractivity contribution in [2.45, 2.75) is 52.2 Å². The average molecular weight is 422 g/mol. The average Bonchev–Trinajstić information content (AvgIpc) is 3.15. The van der Waals surface area contributed by atoms with Crippen LogP contribution in [0.5, 0.6) is 0 Å². The molecule has 1 saturated heterocycles. The molecule has 2 aromatic heterocycles. The number of nitrogens with zero attached hydrogens (tertiary/aromatic N) is 2. The van der Waals surface area contributed by atoms with Gasteiger partial charge in [0.2, 0.25) is 5.91 Å². The van der Waals surface area contributed by atoms with E-state index in [9.17, 15) is 4.79 Å². The number of anilines is 1. The summed E-state index contributed by atoms with van der Waals surface area (Å²) in [7, 11) is 0. The van der Waals surface area contributed by atoms with Crippen LogP contribution in [0.2, 0.25) is 0 Å². The van der Waals surface area contributed by atoms with E-state index < -0.39 is 0 Å². The number of carbonyl (C=O) groups is 1. The third-order valence-corrected chi connectivity index (χ3v) is 6.98. The van der Waals surface area contributed by atoms with Gasteiger partial charge in [-0.2, -0.15) is 0 Å². The molecule has 0 bridgehead atoms. The van der Waals surface area contributed by atoms with Crippen LogP contribution in [0, 0.1) is 19.8 Å². The van der Waals surface area contributed by atoms with Gasteiger partial charge in [0, 0.05) is 52.7 Å². The molecule has 30 heavy (non-hydrogen) atoms. The number of amides is 1. The number of rotatable bonds is 6. The van der Waals surface area contributed by atoms with Crippen molar-refractivity contribution in [1.29, 1.82) is 0 Å². The summed E-state index contributed by atoms with van der Waals surface area (Å²) in [5.41, 5.74) is 6.56. The Morgan fingerprint density at radius 2 is 2.13 bits per heavy atom. The minimum absolute atomic E-state index is 0.130. The number of aryl methyl sites for hydroxylation is 1. The fourth-order valence-electron chi connectivity index (χ4n) is 4.18. The molecule has 1 aliphatic carbocycles. The van der Waals surface area contributed by atoms with Gasteiger partial charge in [-0.15, -0.1) is 11.3 Å². The van der Waals surface area contributed by atoms with E-state index in [0.29, 0.717) is 6.10 Å². The molecular weight excluding hydrogens is 394 g/mol. The van der Waals surface area contributed by atoms with Crippen molar-refractivity contribution in [3.8, 4) is 21.8 Å². The molecule has 1 aromatic carbocycles. The van der Waals surface area contributed by atoms with Crippen molar-refractivity contribution in [2.24, 2.45) is 5.92 Å². The van der Waals surface area contributed by atoms with E-state index in [2.05, 4.69) is 41.2 Å². The molecule has 1 N–H and O–H groups in total. The maximum atomic E-state index is 12.1. The minimum Gasteiger partial charge on any atom is -0.376 e. The van der Waals surface area contributed by atoms with Gasteiger partial charge in [-0.25, -0.2) is 4.98 Å². The lowest BCUT2D eigenvalue weighted by molar-refractivity contribution is -0.117. The number of nitrogens with one attached hydrogen (secondary N) is 1. The van der Waals surface area contributed by atoms with Gasteiger partial charge in [0.25, 0.3) is 0 Å². The number of benzene rings is 1. The van der Waals surface area contributed by atoms with Gasteiger partial charge in [0.1, 0.15) is 5.01 Å². The van der Waals surface area contributed by atoms with Crippen molar-refractivity contribution in [3.63, 3.8) is 0 Å². The Bertz CT molecular complexity index is 1070. The van der Waals surface area contributed by atoms with Crippen LogP contribution in [0.25, 0.3) is 21.8 Å². The summed E-state index contributed by atoms with van der Waals surface area (Å²) in [5, 5.41) is 6.13. The Kier molecular flexibility index (Phi) is 5.21. The lowest BCUT2D eigenvalue weighted by Gasteiger charge is -2.14. The predicted octanol–water partition coefficient (Wildman–Crippen LogP) is 5.42. The summed E-state index contributed by atoms with van der Waals surface area (Å²) < 4.78 is 8.20. The standard InChI is InChI=1S/C24H27N3O2S/c1-15-11-21(16(2)27(15)13-20-7-4-10-29-20)22-14-30-24(26-22)18-5-3-6-19(12-18)25-23(28)17-8-9-17/h3,5-6,11-12,14,17,20H,4,7-10,13H2,1-2H3,(H,25,28)/t20-/m1/s1. The fraction of sp³-hybridized carbons (Fsp3) is 0.417. The zero-order chi connectivity index (χ0) is 20.7. The number of hydrogen-bond acceptors (Lipinski definition) is 4. The first kappa shape index (κ1) is 19.5. The monoisotopic (exact) mass is 421 g/mol. The Labute approximate surface area is 181 Å². The summed E-state index contributed by atoms with van der Waals surface area (Å²) in [6.07, 6.45) is 4.63. The van der Waals surface area contributed by atoms with Gasteiger partial charge in [-0.05, 0) is 57.7 Å². The quantitative estimate of drug-likeness (QED) is 0.578. The fourth-order valence-corrected chi connectivity index (χ4v) is 5.00. The van der Waals surface area contributed by atoms with Crippen LogP contribution >= 0.6 is 11.3 Å². The minimum atomic E-state index is 0.130. The summed E-state index contributed by atoms with van der Waals surface area (Å²) in [6, 6.07) is 10.2. The predicted molar refractivity (Wildman–Crippen MR) is 121 cm³/mol. The van der Waals surface area contributed by atoms with Crippen LogP contribution in [-0.4, -0.2) is 28.2 Å². The Morgan fingerprint density at radius 1 is 1.27 bits per heavy atom. The molecule has 1 saturated carbocycles. The van der Waals surface area contributed by atoms with Crippen LogP contribution < -0.4 is 5.32 Å². The molecule has 0 unspecified atom stereocenters. The van der Waals surface area contributed by atoms with Crippen LogP contribution in [0.4, 0.5) is 5.69 Å². The van der Waals surface area contributed by atoms with E-state index >= 15 is 0 Å². The summed E-state index contributed by atoms with van der Waals surface area (Å²) in [6.45, 7) is 6.12. The van der Waals surface area contributed by atoms with Gasteiger partial charge < -0.3 is 14.6 Å². The van der Waals surface area contributed by atoms with Gasteiger partial charge in [-0.1, -0.05) is 12.1 Å². The van der Waals surface area contributed by atoms with E-state index in [4.69, 9.17) is 9.72 Å². The largest absolute Gasteiger partial charge is 0.376 e. The second-order valence-corrected chi connectivity index (χ2v) is 9.27. The van der Waals surface area contributed by atoms with E-state index in [1.165, 1.54) is 17.0 Å². The van der Waals surface area contributed by atoms with E-state index in [-0.39, 0.29) is 11.8 Å². The van der Waals surface area contributed by atoms with Crippen molar-refractivity contribution >= 4 is 22.9 Å². The molecule has 1 aliphatic heterocycles. The second kappa shape index (κ2) is 8.00. The van der Waals surface area contributed by atoms with Crippen molar-refractivity contribution < 1.29 is 9.53 Å². The molecule has 2 fully saturated rings. The lowest BCUT2D eigenvalue weighted by atomic mass is 10.2. The van der Waals surface area contributed by atoms with Crippen LogP contribution in [-0.2, 0) is 16.1 Å². The normalized spacial score (nSPS) is 18.7. The maximum Gasteiger partial charge on any atom is 0.227 e. The third kappa shape index (κ3) is 3.94. The van der Waals surface area contributed by atoms with Crippen LogP contribution in [0.15, 0.2) is 35.7 Å². The van der Waals surface area contributed by atoms with Crippen molar-refractivity contribution in [3.05, 3.63) is 47.1 Å². The van der Waals surface area contributed by atoms with Crippen molar-refractivity contribution in [1.82, 2.24) is 9.55 Å². The summed E-state index contributed by atoms with van der Waals surface area (Å²) in [5.74, 6) is 0.329. The first-order valence-corrected chi connectivity index (χ1v) is 11.6. The van der Waals surface area contributed by atoms with E-state index in [1.54, 1.807) is 11.3 Å². The van der Waals surface area contributed by atoms with E-state index in [0.717, 1.165) is 60.8 Å². The first-order valence-electron chi connectivity index (χ1n) is 10.7. The number of aromatic nitrogens is 2. The molecule has 5 rings (SSSR count). The molecule has 0 spiro atoms. The van der Waals surface area contributed by atoms with Crippen LogP contribution in [0.3, 0.4) is 0 Å². The van der Waals surface area contributed by atoms with Gasteiger partial charge >= 0.3 is 0 Å². The highest BCUT2D eigenvalue weighted by atomic mass is 32.1. The Morgan fingerprint density at radius 3 is 2.90 bits per heavy atom. The SMILES string of the molecule is Cc1cc(-c2csc(-c3cccc(NC(=O)C4CC4)c3)n2)c(C)n1C[C@H]1CCCO1. The summed E-state index contributed by atoms with van der Waals surface area (Å²) in [4.78, 5) is 17.0. The smallest absolute Gasteiger partial charge is 0.227 e. The maximum absolute atomic E-state index is 12.1. The number of carbonyl (C=O) groups excluding carboxylic acids is 1.